The lowest BCUT2D eigenvalue weighted by Crippen LogP contribution is -2.44. The van der Waals surface area contributed by atoms with E-state index in [1.165, 1.54) is 4.57 Å². The number of nitrogens with zero attached hydrogens (tertiary/aromatic N) is 3. The molecule has 8 heteroatoms. The number of rotatable bonds is 2. The first kappa shape index (κ1) is 18.3. The Bertz CT molecular complexity index is 1370. The van der Waals surface area contributed by atoms with Gasteiger partial charge in [0.25, 0.3) is 5.56 Å². The molecule has 1 N–H and O–H groups in total. The standard InChI is InChI=1S/C22H17N3O5/c1-3-22(28)16-7-18-19-14(9-25(18)20(26)15(16)10-30-21(22)27)13(8-23)12-6-11(29-2)4-5-17(12)24-19/h4-7,28H,3,9-10H2,1-2H3/t22-/m0/s1. The molecule has 0 spiro atoms. The van der Waals surface area contributed by atoms with Crippen molar-refractivity contribution >= 4 is 16.9 Å². The smallest absolute Gasteiger partial charge is 0.343 e. The maximum Gasteiger partial charge on any atom is 0.343 e. The number of pyridine rings is 2. The lowest BCUT2D eigenvalue weighted by Gasteiger charge is -2.31. The molecule has 30 heavy (non-hydrogen) atoms. The van der Waals surface area contributed by atoms with Crippen molar-refractivity contribution in [3.05, 3.63) is 56.9 Å². The first-order valence-electron chi connectivity index (χ1n) is 9.50. The second-order valence-electron chi connectivity index (χ2n) is 7.41. The van der Waals surface area contributed by atoms with E-state index in [2.05, 4.69) is 6.07 Å². The quantitative estimate of drug-likeness (QED) is 0.509. The number of cyclic esters (lactones) is 1. The first-order valence-corrected chi connectivity index (χ1v) is 9.50. The zero-order chi connectivity index (χ0) is 21.2. The van der Waals surface area contributed by atoms with Crippen molar-refractivity contribution in [2.24, 2.45) is 0 Å². The fraction of sp³-hybridized carbons (Fsp3) is 0.273. The van der Waals surface area contributed by atoms with Gasteiger partial charge in [-0.25, -0.2) is 9.78 Å². The van der Waals surface area contributed by atoms with Crippen LogP contribution in [0, 0.1) is 11.3 Å². The number of methoxy groups -OCH3 is 1. The Morgan fingerprint density at radius 3 is 2.83 bits per heavy atom. The number of nitriles is 1. The van der Waals surface area contributed by atoms with Crippen LogP contribution in [-0.2, 0) is 28.3 Å². The summed E-state index contributed by atoms with van der Waals surface area (Å²) in [5, 5.41) is 21.4. The predicted molar refractivity (Wildman–Crippen MR) is 106 cm³/mol. The molecule has 3 aromatic rings. The highest BCUT2D eigenvalue weighted by Gasteiger charge is 2.45. The number of aromatic nitrogens is 2. The number of hydrogen-bond donors (Lipinski definition) is 1. The maximum atomic E-state index is 13.2. The molecule has 4 heterocycles. The van der Waals surface area contributed by atoms with E-state index in [0.717, 1.165) is 0 Å². The van der Waals surface area contributed by atoms with Crippen molar-refractivity contribution in [3.63, 3.8) is 0 Å². The largest absolute Gasteiger partial charge is 0.497 e. The Kier molecular flexibility index (Phi) is 3.76. The van der Waals surface area contributed by atoms with Gasteiger partial charge in [-0.05, 0) is 30.7 Å². The summed E-state index contributed by atoms with van der Waals surface area (Å²) in [6.07, 6.45) is 0.0724. The lowest BCUT2D eigenvalue weighted by molar-refractivity contribution is -0.172. The topological polar surface area (TPSA) is 114 Å². The van der Waals surface area contributed by atoms with Gasteiger partial charge >= 0.3 is 5.97 Å². The molecule has 2 aliphatic rings. The van der Waals surface area contributed by atoms with Crippen molar-refractivity contribution in [3.8, 4) is 23.2 Å². The molecular weight excluding hydrogens is 386 g/mol. The van der Waals surface area contributed by atoms with Gasteiger partial charge in [0.2, 0.25) is 0 Å². The minimum atomic E-state index is -1.88. The van der Waals surface area contributed by atoms with Crippen LogP contribution in [0.4, 0.5) is 0 Å². The van der Waals surface area contributed by atoms with Crippen molar-refractivity contribution in [2.75, 3.05) is 7.11 Å². The van der Waals surface area contributed by atoms with Crippen LogP contribution in [0.5, 0.6) is 5.75 Å². The summed E-state index contributed by atoms with van der Waals surface area (Å²) in [5.74, 6) is -0.163. The number of carbonyl (C=O) groups is 1. The fourth-order valence-corrected chi connectivity index (χ4v) is 4.31. The number of fused-ring (bicyclic) bond motifs is 5. The highest BCUT2D eigenvalue weighted by molar-refractivity contribution is 5.91. The highest BCUT2D eigenvalue weighted by atomic mass is 16.6. The number of benzene rings is 1. The number of carbonyl (C=O) groups excluding carboxylic acids is 1. The number of hydrogen-bond acceptors (Lipinski definition) is 7. The molecule has 2 aliphatic heterocycles. The average molecular weight is 403 g/mol. The van der Waals surface area contributed by atoms with Crippen LogP contribution in [-0.4, -0.2) is 27.7 Å². The van der Waals surface area contributed by atoms with E-state index >= 15 is 0 Å². The molecule has 0 amide bonds. The van der Waals surface area contributed by atoms with E-state index in [0.29, 0.717) is 39.2 Å². The van der Waals surface area contributed by atoms with E-state index in [-0.39, 0.29) is 36.3 Å². The Morgan fingerprint density at radius 2 is 2.13 bits per heavy atom. The summed E-state index contributed by atoms with van der Waals surface area (Å²) in [4.78, 5) is 30.2. The van der Waals surface area contributed by atoms with Gasteiger partial charge in [0.15, 0.2) is 5.60 Å². The highest BCUT2D eigenvalue weighted by Crippen LogP contribution is 2.40. The third-order valence-electron chi connectivity index (χ3n) is 6.01. The molecule has 0 bridgehead atoms. The van der Waals surface area contributed by atoms with Crippen molar-refractivity contribution in [1.29, 1.82) is 5.26 Å². The summed E-state index contributed by atoms with van der Waals surface area (Å²) in [7, 11) is 1.55. The van der Waals surface area contributed by atoms with Gasteiger partial charge < -0.3 is 19.1 Å². The van der Waals surface area contributed by atoms with Crippen molar-refractivity contribution in [1.82, 2.24) is 9.55 Å². The van der Waals surface area contributed by atoms with Crippen LogP contribution >= 0.6 is 0 Å². The molecule has 8 nitrogen and oxygen atoms in total. The monoisotopic (exact) mass is 403 g/mol. The van der Waals surface area contributed by atoms with E-state index < -0.39 is 11.6 Å². The summed E-state index contributed by atoms with van der Waals surface area (Å²) in [5.41, 5.74) is 0.887. The Labute approximate surface area is 170 Å². The molecule has 1 atom stereocenters. The SMILES string of the molecule is CC[C@@]1(O)C(=O)OCc2c1cc1n(c2=O)Cc2c-1nc1ccc(OC)cc1c2C#N. The van der Waals surface area contributed by atoms with E-state index in [1.54, 1.807) is 38.3 Å². The maximum absolute atomic E-state index is 13.2. The van der Waals surface area contributed by atoms with Gasteiger partial charge in [0.05, 0.1) is 41.7 Å². The molecule has 0 saturated heterocycles. The third kappa shape index (κ3) is 2.21. The van der Waals surface area contributed by atoms with Gasteiger partial charge in [-0.3, -0.25) is 4.79 Å². The zero-order valence-electron chi connectivity index (χ0n) is 16.4. The van der Waals surface area contributed by atoms with Crippen molar-refractivity contribution in [2.45, 2.75) is 32.1 Å². The molecule has 5 rings (SSSR count). The van der Waals surface area contributed by atoms with E-state index in [1.807, 2.05) is 0 Å². The second-order valence-corrected chi connectivity index (χ2v) is 7.41. The molecule has 0 aliphatic carbocycles. The molecule has 0 radical (unpaired) electrons. The third-order valence-corrected chi connectivity index (χ3v) is 6.01. The molecule has 0 unspecified atom stereocenters. The Hall–Kier alpha value is -3.70. The number of ether oxygens (including phenoxy) is 2. The van der Waals surface area contributed by atoms with Gasteiger partial charge in [-0.1, -0.05) is 6.92 Å². The van der Waals surface area contributed by atoms with Crippen LogP contribution in [0.3, 0.4) is 0 Å². The van der Waals surface area contributed by atoms with Crippen LogP contribution in [0.2, 0.25) is 0 Å². The first-order chi connectivity index (χ1) is 14.4. The average Bonchev–Trinajstić information content (AvgIpc) is 3.13. The molecule has 0 fully saturated rings. The van der Waals surface area contributed by atoms with Crippen LogP contribution < -0.4 is 10.3 Å². The summed E-state index contributed by atoms with van der Waals surface area (Å²) >= 11 is 0. The van der Waals surface area contributed by atoms with Gasteiger partial charge in [0, 0.05) is 16.5 Å². The second kappa shape index (κ2) is 6.15. The predicted octanol–water partition coefficient (Wildman–Crippen LogP) is 1.96. The zero-order valence-corrected chi connectivity index (χ0v) is 16.4. The van der Waals surface area contributed by atoms with Crippen LogP contribution in [0.15, 0.2) is 29.1 Å². The molecule has 0 saturated carbocycles. The molecule has 2 aromatic heterocycles. The van der Waals surface area contributed by atoms with Crippen molar-refractivity contribution < 1.29 is 19.4 Å². The molecular formula is C22H17N3O5. The van der Waals surface area contributed by atoms with E-state index in [4.69, 9.17) is 14.5 Å². The molecule has 150 valence electrons. The summed E-state index contributed by atoms with van der Waals surface area (Å²) in [6.45, 7) is 1.64. The minimum absolute atomic E-state index is 0.0724. The lowest BCUT2D eigenvalue weighted by atomic mass is 9.86. The Balaban J connectivity index is 1.83. The molecule has 1 aromatic carbocycles. The van der Waals surface area contributed by atoms with Crippen LogP contribution in [0.25, 0.3) is 22.3 Å². The summed E-state index contributed by atoms with van der Waals surface area (Å²) < 4.78 is 11.9. The van der Waals surface area contributed by atoms with E-state index in [9.17, 15) is 20.0 Å². The van der Waals surface area contributed by atoms with Gasteiger partial charge in [0.1, 0.15) is 18.4 Å². The van der Waals surface area contributed by atoms with Gasteiger partial charge in [-0.2, -0.15) is 5.26 Å². The summed E-state index contributed by atoms with van der Waals surface area (Å²) in [6, 6.07) is 9.14. The number of esters is 1. The number of aliphatic hydroxyl groups is 1. The fourth-order valence-electron chi connectivity index (χ4n) is 4.31. The normalized spacial score (nSPS) is 18.9. The minimum Gasteiger partial charge on any atom is -0.497 e. The van der Waals surface area contributed by atoms with Crippen LogP contribution in [0.1, 0.15) is 35.6 Å². The van der Waals surface area contributed by atoms with Gasteiger partial charge in [-0.15, -0.1) is 0 Å². The Morgan fingerprint density at radius 1 is 1.33 bits per heavy atom.